The van der Waals surface area contributed by atoms with Crippen LogP contribution in [0, 0.1) is 17.0 Å². The summed E-state index contributed by atoms with van der Waals surface area (Å²) in [6.45, 7) is 5.26. The van der Waals surface area contributed by atoms with Gasteiger partial charge in [0.2, 0.25) is 11.7 Å². The minimum atomic E-state index is -0.493. The van der Waals surface area contributed by atoms with E-state index in [0.29, 0.717) is 5.69 Å². The van der Waals surface area contributed by atoms with Gasteiger partial charge in [-0.2, -0.15) is 5.10 Å². The van der Waals surface area contributed by atoms with Crippen molar-refractivity contribution in [2.24, 2.45) is 0 Å². The third kappa shape index (κ3) is 2.76. The van der Waals surface area contributed by atoms with Crippen molar-refractivity contribution in [2.75, 3.05) is 18.9 Å². The lowest BCUT2D eigenvalue weighted by Crippen LogP contribution is -2.27. The number of nitro groups is 1. The molecule has 0 unspecified atom stereocenters. The van der Waals surface area contributed by atoms with Crippen LogP contribution in [0.5, 0.6) is 0 Å². The molecule has 0 aliphatic heterocycles. The summed E-state index contributed by atoms with van der Waals surface area (Å²) in [4.78, 5) is 21.7. The molecule has 1 aromatic rings. The summed E-state index contributed by atoms with van der Waals surface area (Å²) in [7, 11) is 1.50. The van der Waals surface area contributed by atoms with Gasteiger partial charge in [0.15, 0.2) is 0 Å². The zero-order valence-electron chi connectivity index (χ0n) is 10.9. The number of amides is 1. The van der Waals surface area contributed by atoms with Gasteiger partial charge in [-0.3, -0.25) is 14.9 Å². The second-order valence-electron chi connectivity index (χ2n) is 4.10. The fourth-order valence-corrected chi connectivity index (χ4v) is 1.55. The molecule has 8 nitrogen and oxygen atoms in total. The topological polar surface area (TPSA) is 102 Å². The maximum absolute atomic E-state index is 11.2. The van der Waals surface area contributed by atoms with Crippen LogP contribution in [0.4, 0.5) is 11.5 Å². The summed E-state index contributed by atoms with van der Waals surface area (Å²) in [6, 6.07) is -0.0374. The Balaban J connectivity index is 3.12. The largest absolute Gasteiger partial charge is 0.358 e. The molecule has 0 bridgehead atoms. The fourth-order valence-electron chi connectivity index (χ4n) is 1.55. The Kier molecular flexibility index (Phi) is 4.24. The first-order chi connectivity index (χ1) is 8.38. The van der Waals surface area contributed by atoms with Crippen LogP contribution in [0.3, 0.4) is 0 Å². The standard InChI is InChI=1S/C10H17N5O3/c1-6(2)14-10(12-5-8(16)11-4)9(15(17)18)7(3)13-14/h6,12H,5H2,1-4H3,(H,11,16). The number of carbonyl (C=O) groups excluding carboxylic acids is 1. The predicted molar refractivity (Wildman–Crippen MR) is 66.6 cm³/mol. The van der Waals surface area contributed by atoms with Crippen molar-refractivity contribution in [3.05, 3.63) is 15.8 Å². The Morgan fingerprint density at radius 3 is 2.61 bits per heavy atom. The van der Waals surface area contributed by atoms with Gasteiger partial charge in [-0.05, 0) is 20.8 Å². The molecule has 1 rings (SSSR count). The summed E-state index contributed by atoms with van der Waals surface area (Å²) in [6.07, 6.45) is 0. The van der Waals surface area contributed by atoms with Crippen LogP contribution in [0.2, 0.25) is 0 Å². The quantitative estimate of drug-likeness (QED) is 0.599. The molecule has 0 aliphatic rings. The van der Waals surface area contributed by atoms with Crippen molar-refractivity contribution in [3.8, 4) is 0 Å². The average molecular weight is 255 g/mol. The van der Waals surface area contributed by atoms with E-state index in [0.717, 1.165) is 0 Å². The van der Waals surface area contributed by atoms with E-state index in [-0.39, 0.29) is 30.0 Å². The molecule has 0 saturated heterocycles. The van der Waals surface area contributed by atoms with Crippen LogP contribution in [0.25, 0.3) is 0 Å². The van der Waals surface area contributed by atoms with Crippen molar-refractivity contribution in [3.63, 3.8) is 0 Å². The summed E-state index contributed by atoms with van der Waals surface area (Å²) in [5.74, 6) is 0.00885. The molecular formula is C10H17N5O3. The van der Waals surface area contributed by atoms with E-state index >= 15 is 0 Å². The number of carbonyl (C=O) groups is 1. The molecule has 2 N–H and O–H groups in total. The van der Waals surface area contributed by atoms with Crippen molar-refractivity contribution in [1.29, 1.82) is 0 Å². The van der Waals surface area contributed by atoms with E-state index in [1.807, 2.05) is 13.8 Å². The van der Waals surface area contributed by atoms with Gasteiger partial charge >= 0.3 is 5.69 Å². The highest BCUT2D eigenvalue weighted by Crippen LogP contribution is 2.30. The van der Waals surface area contributed by atoms with Gasteiger partial charge in [0.1, 0.15) is 5.69 Å². The lowest BCUT2D eigenvalue weighted by Gasteiger charge is -2.11. The molecule has 100 valence electrons. The van der Waals surface area contributed by atoms with E-state index in [2.05, 4.69) is 15.7 Å². The molecule has 0 fully saturated rings. The van der Waals surface area contributed by atoms with Gasteiger partial charge in [0, 0.05) is 13.1 Å². The highest BCUT2D eigenvalue weighted by Gasteiger charge is 2.26. The zero-order valence-corrected chi connectivity index (χ0v) is 10.9. The van der Waals surface area contributed by atoms with Gasteiger partial charge in [-0.15, -0.1) is 0 Å². The van der Waals surface area contributed by atoms with Gasteiger partial charge in [-0.1, -0.05) is 0 Å². The van der Waals surface area contributed by atoms with Gasteiger partial charge < -0.3 is 10.6 Å². The van der Waals surface area contributed by atoms with Gasteiger partial charge in [0.25, 0.3) is 0 Å². The van der Waals surface area contributed by atoms with Crippen LogP contribution in [0.1, 0.15) is 25.6 Å². The normalized spacial score (nSPS) is 10.5. The summed E-state index contributed by atoms with van der Waals surface area (Å²) in [5.41, 5.74) is 0.237. The average Bonchev–Trinajstić information content (AvgIpc) is 2.63. The minimum Gasteiger partial charge on any atom is -0.358 e. The SMILES string of the molecule is CNC(=O)CNc1c([N+](=O)[O-])c(C)nn1C(C)C. The number of hydrogen-bond acceptors (Lipinski definition) is 5. The Morgan fingerprint density at radius 1 is 1.56 bits per heavy atom. The number of nitrogens with one attached hydrogen (secondary N) is 2. The van der Waals surface area contributed by atoms with E-state index < -0.39 is 4.92 Å². The number of anilines is 1. The molecule has 1 heterocycles. The third-order valence-electron chi connectivity index (χ3n) is 2.42. The zero-order chi connectivity index (χ0) is 13.9. The monoisotopic (exact) mass is 255 g/mol. The van der Waals surface area contributed by atoms with E-state index in [4.69, 9.17) is 0 Å². The van der Waals surface area contributed by atoms with Crippen LogP contribution in [0.15, 0.2) is 0 Å². The molecular weight excluding hydrogens is 238 g/mol. The number of nitrogens with zero attached hydrogens (tertiary/aromatic N) is 3. The molecule has 0 radical (unpaired) electrons. The molecule has 1 aromatic heterocycles. The van der Waals surface area contributed by atoms with Crippen molar-refractivity contribution in [2.45, 2.75) is 26.8 Å². The maximum Gasteiger partial charge on any atom is 0.333 e. The maximum atomic E-state index is 11.2. The Labute approximate surface area is 105 Å². The van der Waals surface area contributed by atoms with E-state index in [1.165, 1.54) is 11.7 Å². The molecule has 0 aromatic carbocycles. The first-order valence-corrected chi connectivity index (χ1v) is 5.56. The Morgan fingerprint density at radius 2 is 2.17 bits per heavy atom. The van der Waals surface area contributed by atoms with E-state index in [9.17, 15) is 14.9 Å². The number of hydrogen-bond donors (Lipinski definition) is 2. The summed E-state index contributed by atoms with van der Waals surface area (Å²) in [5, 5.41) is 20.3. The fraction of sp³-hybridized carbons (Fsp3) is 0.600. The smallest absolute Gasteiger partial charge is 0.333 e. The summed E-state index contributed by atoms with van der Waals surface area (Å²) >= 11 is 0. The van der Waals surface area contributed by atoms with Crippen molar-refractivity contribution >= 4 is 17.4 Å². The first kappa shape index (κ1) is 13.9. The molecule has 0 saturated carbocycles. The second kappa shape index (κ2) is 5.48. The van der Waals surface area contributed by atoms with Gasteiger partial charge in [0.05, 0.1) is 11.5 Å². The molecule has 0 spiro atoms. The minimum absolute atomic E-state index is 0.0325. The molecule has 18 heavy (non-hydrogen) atoms. The predicted octanol–water partition coefficient (Wildman–Crippen LogP) is 0.839. The van der Waals surface area contributed by atoms with Crippen molar-refractivity contribution in [1.82, 2.24) is 15.1 Å². The second-order valence-corrected chi connectivity index (χ2v) is 4.10. The van der Waals surface area contributed by atoms with Crippen LogP contribution in [-0.2, 0) is 4.79 Å². The van der Waals surface area contributed by atoms with E-state index in [1.54, 1.807) is 6.92 Å². The number of likely N-dealkylation sites (N-methyl/N-ethyl adjacent to an activating group) is 1. The molecule has 8 heteroatoms. The number of rotatable bonds is 5. The highest BCUT2D eigenvalue weighted by molar-refractivity contribution is 5.81. The van der Waals surface area contributed by atoms with Gasteiger partial charge in [-0.25, -0.2) is 4.68 Å². The van der Waals surface area contributed by atoms with Crippen LogP contribution < -0.4 is 10.6 Å². The Bertz CT molecular complexity index is 466. The van der Waals surface area contributed by atoms with Crippen molar-refractivity contribution < 1.29 is 9.72 Å². The molecule has 0 aliphatic carbocycles. The lowest BCUT2D eigenvalue weighted by atomic mass is 10.3. The molecule has 1 amide bonds. The molecule has 0 atom stereocenters. The third-order valence-corrected chi connectivity index (χ3v) is 2.42. The van der Waals surface area contributed by atoms with Crippen LogP contribution in [-0.4, -0.2) is 34.2 Å². The Hall–Kier alpha value is -2.12. The van der Waals surface area contributed by atoms with Crippen LogP contribution >= 0.6 is 0 Å². The number of aryl methyl sites for hydroxylation is 1. The first-order valence-electron chi connectivity index (χ1n) is 5.56. The number of aromatic nitrogens is 2. The lowest BCUT2D eigenvalue weighted by molar-refractivity contribution is -0.384. The highest BCUT2D eigenvalue weighted by atomic mass is 16.6. The summed E-state index contributed by atoms with van der Waals surface area (Å²) < 4.78 is 1.51.